The summed E-state index contributed by atoms with van der Waals surface area (Å²) in [5.74, 6) is 0.725. The van der Waals surface area contributed by atoms with Gasteiger partial charge in [-0.3, -0.25) is 4.57 Å². The van der Waals surface area contributed by atoms with Crippen LogP contribution in [0.25, 0.3) is 16.0 Å². The predicted molar refractivity (Wildman–Crippen MR) is 100 cm³/mol. The summed E-state index contributed by atoms with van der Waals surface area (Å²) in [5, 5.41) is 10.7. The van der Waals surface area contributed by atoms with Crippen LogP contribution in [0.5, 0.6) is 5.75 Å². The number of nitrogens with zero attached hydrogens (tertiary/aromatic N) is 2. The third-order valence-corrected chi connectivity index (χ3v) is 5.34. The summed E-state index contributed by atoms with van der Waals surface area (Å²) in [6, 6.07) is 18.1. The van der Waals surface area contributed by atoms with Crippen molar-refractivity contribution < 1.29 is 9.84 Å². The number of fused-ring (bicyclic) bond motifs is 1. The molecule has 0 bridgehead atoms. The fourth-order valence-corrected chi connectivity index (χ4v) is 3.76. The molecule has 0 saturated carbocycles. The molecule has 0 saturated heterocycles. The lowest BCUT2D eigenvalue weighted by atomic mass is 10.1. The maximum atomic E-state index is 9.70. The van der Waals surface area contributed by atoms with Crippen LogP contribution in [-0.4, -0.2) is 14.7 Å². The van der Waals surface area contributed by atoms with Crippen molar-refractivity contribution in [1.82, 2.24) is 9.55 Å². The number of aliphatic hydroxyl groups excluding tert-OH is 1. The number of aromatic nitrogens is 2. The third kappa shape index (κ3) is 3.04. The van der Waals surface area contributed by atoms with E-state index < -0.39 is 0 Å². The van der Waals surface area contributed by atoms with Crippen LogP contribution < -0.4 is 4.74 Å². The summed E-state index contributed by atoms with van der Waals surface area (Å²) in [5.41, 5.74) is 4.33. The molecule has 0 aliphatic carbocycles. The Morgan fingerprint density at radius 2 is 1.92 bits per heavy atom. The van der Waals surface area contributed by atoms with Crippen LogP contribution in [0, 0.1) is 6.92 Å². The van der Waals surface area contributed by atoms with E-state index in [2.05, 4.69) is 24.0 Å². The largest absolute Gasteiger partial charge is 0.488 e. The molecule has 1 N–H and O–H groups in total. The van der Waals surface area contributed by atoms with E-state index in [4.69, 9.17) is 4.74 Å². The molecule has 0 atom stereocenters. The number of aryl methyl sites for hydroxylation is 1. The minimum atomic E-state index is -0.0413. The second kappa shape index (κ2) is 6.70. The summed E-state index contributed by atoms with van der Waals surface area (Å²) >= 11 is 1.52. The number of ether oxygens (including phenoxy) is 1. The monoisotopic (exact) mass is 350 g/mol. The van der Waals surface area contributed by atoms with E-state index in [0.29, 0.717) is 6.61 Å². The van der Waals surface area contributed by atoms with Crippen LogP contribution in [0.3, 0.4) is 0 Å². The fraction of sp³-hybridized carbons (Fsp3) is 0.150. The number of benzene rings is 2. The minimum absolute atomic E-state index is 0.0413. The zero-order valence-electron chi connectivity index (χ0n) is 13.8. The summed E-state index contributed by atoms with van der Waals surface area (Å²) in [4.78, 5) is 5.25. The highest BCUT2D eigenvalue weighted by Gasteiger charge is 2.13. The Morgan fingerprint density at radius 3 is 2.76 bits per heavy atom. The van der Waals surface area contributed by atoms with Gasteiger partial charge in [-0.1, -0.05) is 36.4 Å². The summed E-state index contributed by atoms with van der Waals surface area (Å²) in [6.07, 6.45) is 1.81. The molecule has 126 valence electrons. The van der Waals surface area contributed by atoms with Crippen LogP contribution in [0.4, 0.5) is 0 Å². The van der Waals surface area contributed by atoms with E-state index >= 15 is 0 Å². The van der Waals surface area contributed by atoms with Crippen LogP contribution in [-0.2, 0) is 13.2 Å². The van der Waals surface area contributed by atoms with Crippen LogP contribution in [0.15, 0.2) is 60.9 Å². The predicted octanol–water partition coefficient (Wildman–Crippen LogP) is 4.47. The molecule has 0 fully saturated rings. The molecule has 0 aliphatic heterocycles. The van der Waals surface area contributed by atoms with Gasteiger partial charge in [-0.2, -0.15) is 0 Å². The lowest BCUT2D eigenvalue weighted by molar-refractivity contribution is 0.263. The van der Waals surface area contributed by atoms with Gasteiger partial charge in [-0.05, 0) is 30.2 Å². The van der Waals surface area contributed by atoms with Crippen molar-refractivity contribution in [3.05, 3.63) is 76.9 Å². The highest BCUT2D eigenvalue weighted by atomic mass is 32.1. The van der Waals surface area contributed by atoms with Crippen molar-refractivity contribution in [3.63, 3.8) is 0 Å². The molecule has 4 aromatic rings. The molecule has 25 heavy (non-hydrogen) atoms. The van der Waals surface area contributed by atoms with Gasteiger partial charge in [-0.15, -0.1) is 11.3 Å². The van der Waals surface area contributed by atoms with Crippen LogP contribution in [0.2, 0.25) is 0 Å². The molecular formula is C20H18N2O2S. The first-order chi connectivity index (χ1) is 12.3. The van der Waals surface area contributed by atoms with Gasteiger partial charge in [0.25, 0.3) is 0 Å². The van der Waals surface area contributed by atoms with Gasteiger partial charge < -0.3 is 9.84 Å². The van der Waals surface area contributed by atoms with Crippen molar-refractivity contribution >= 4 is 22.4 Å². The zero-order valence-corrected chi connectivity index (χ0v) is 14.7. The van der Waals surface area contributed by atoms with Gasteiger partial charge in [-0.25, -0.2) is 4.98 Å². The number of thiophene rings is 1. The molecule has 0 unspecified atom stereocenters. The maximum absolute atomic E-state index is 9.70. The molecule has 2 aromatic carbocycles. The highest BCUT2D eigenvalue weighted by molar-refractivity contribution is 7.14. The SMILES string of the molecule is Cc1ccccc1COc1cc(-n2cnc3ccccc32)sc1CO. The molecule has 0 aliphatic rings. The maximum Gasteiger partial charge on any atom is 0.138 e. The van der Waals surface area contributed by atoms with Crippen LogP contribution in [0.1, 0.15) is 16.0 Å². The Balaban J connectivity index is 1.65. The van der Waals surface area contributed by atoms with E-state index in [1.54, 1.807) is 0 Å². The van der Waals surface area contributed by atoms with Crippen molar-refractivity contribution in [2.75, 3.05) is 0 Å². The molecule has 0 amide bonds. The standard InChI is InChI=1S/C20H18N2O2S/c1-14-6-2-3-7-15(14)12-24-18-10-20(25-19(18)11-23)22-13-21-16-8-4-5-9-17(16)22/h2-10,13,23H,11-12H2,1H3. The Bertz CT molecular complexity index is 1020. The first-order valence-corrected chi connectivity index (χ1v) is 8.91. The van der Waals surface area contributed by atoms with Gasteiger partial charge in [0.15, 0.2) is 0 Å². The van der Waals surface area contributed by atoms with Crippen molar-refractivity contribution in [1.29, 1.82) is 0 Å². The van der Waals surface area contributed by atoms with Crippen molar-refractivity contribution in [2.24, 2.45) is 0 Å². The number of rotatable bonds is 5. The highest BCUT2D eigenvalue weighted by Crippen LogP contribution is 2.34. The molecule has 5 heteroatoms. The van der Waals surface area contributed by atoms with Crippen molar-refractivity contribution in [3.8, 4) is 10.8 Å². The van der Waals surface area contributed by atoms with E-state index in [1.165, 1.54) is 16.9 Å². The number of imidazole rings is 1. The summed E-state index contributed by atoms with van der Waals surface area (Å²) in [6.45, 7) is 2.52. The lowest BCUT2D eigenvalue weighted by Crippen LogP contribution is -1.98. The van der Waals surface area contributed by atoms with E-state index in [-0.39, 0.29) is 6.61 Å². The second-order valence-electron chi connectivity index (χ2n) is 5.85. The van der Waals surface area contributed by atoms with E-state index in [1.807, 2.05) is 53.4 Å². The Kier molecular flexibility index (Phi) is 4.26. The normalized spacial score (nSPS) is 11.1. The van der Waals surface area contributed by atoms with Gasteiger partial charge in [0.1, 0.15) is 23.7 Å². The first-order valence-electron chi connectivity index (χ1n) is 8.09. The molecule has 4 nitrogen and oxygen atoms in total. The fourth-order valence-electron chi connectivity index (χ4n) is 2.81. The Labute approximate surface area is 150 Å². The average molecular weight is 350 g/mol. The van der Waals surface area contributed by atoms with Gasteiger partial charge in [0.05, 0.1) is 22.5 Å². The van der Waals surface area contributed by atoms with Crippen LogP contribution >= 0.6 is 11.3 Å². The van der Waals surface area contributed by atoms with Crippen molar-refractivity contribution in [2.45, 2.75) is 20.1 Å². The summed E-state index contributed by atoms with van der Waals surface area (Å²) < 4.78 is 8.03. The number of aliphatic hydroxyl groups is 1. The average Bonchev–Trinajstić information content (AvgIpc) is 3.24. The second-order valence-corrected chi connectivity index (χ2v) is 6.96. The molecule has 0 spiro atoms. The Hall–Kier alpha value is -2.63. The van der Waals surface area contributed by atoms with Gasteiger partial charge >= 0.3 is 0 Å². The third-order valence-electron chi connectivity index (χ3n) is 4.24. The smallest absolute Gasteiger partial charge is 0.138 e. The molecule has 2 heterocycles. The van der Waals surface area contributed by atoms with Gasteiger partial charge in [0, 0.05) is 6.07 Å². The quantitative estimate of drug-likeness (QED) is 0.578. The topological polar surface area (TPSA) is 47.3 Å². The zero-order chi connectivity index (χ0) is 17.2. The van der Waals surface area contributed by atoms with Gasteiger partial charge in [0.2, 0.25) is 0 Å². The molecular weight excluding hydrogens is 332 g/mol. The Morgan fingerprint density at radius 1 is 1.12 bits per heavy atom. The summed E-state index contributed by atoms with van der Waals surface area (Å²) in [7, 11) is 0. The lowest BCUT2D eigenvalue weighted by Gasteiger charge is -2.08. The number of hydrogen-bond acceptors (Lipinski definition) is 4. The first kappa shape index (κ1) is 15.9. The molecule has 4 rings (SSSR count). The molecule has 2 aromatic heterocycles. The van der Waals surface area contributed by atoms with E-state index in [0.717, 1.165) is 32.2 Å². The van der Waals surface area contributed by atoms with E-state index in [9.17, 15) is 5.11 Å². The number of hydrogen-bond donors (Lipinski definition) is 1. The number of para-hydroxylation sites is 2. The minimum Gasteiger partial charge on any atom is -0.488 e. The molecule has 0 radical (unpaired) electrons.